The predicted molar refractivity (Wildman–Crippen MR) is 63.4 cm³/mol. The summed E-state index contributed by atoms with van der Waals surface area (Å²) in [7, 11) is 0. The first-order chi connectivity index (χ1) is 8.27. The van der Waals surface area contributed by atoms with Crippen LogP contribution in [0.15, 0.2) is 24.5 Å². The Bertz CT molecular complexity index is 363. The molecule has 1 aromatic heterocycles. The maximum Gasteiger partial charge on any atom is 0.240 e. The number of carbonyl (C=O) groups excluding carboxylic acids is 1. The highest BCUT2D eigenvalue weighted by molar-refractivity contribution is 5.82. The molecule has 0 saturated carbocycles. The standard InChI is InChI=1S/C12H17N3O2/c1-9(10-2-4-13-5-3-10)15-12(16)11-8-17-7-6-14-11/h2-5,9,11,14H,6-8H2,1H3,(H,15,16)/t9-,11?/m1/s1. The van der Waals surface area contributed by atoms with Gasteiger partial charge in [0, 0.05) is 18.9 Å². The van der Waals surface area contributed by atoms with E-state index in [0.29, 0.717) is 13.2 Å². The number of amides is 1. The lowest BCUT2D eigenvalue weighted by Crippen LogP contribution is -2.51. The van der Waals surface area contributed by atoms with Crippen molar-refractivity contribution in [1.29, 1.82) is 0 Å². The topological polar surface area (TPSA) is 63.2 Å². The number of aromatic nitrogens is 1. The van der Waals surface area contributed by atoms with E-state index in [1.807, 2.05) is 19.1 Å². The average Bonchev–Trinajstić information content (AvgIpc) is 2.40. The molecule has 1 aliphatic rings. The predicted octanol–water partition coefficient (Wildman–Crippen LogP) is 0.247. The molecule has 2 N–H and O–H groups in total. The molecule has 1 aromatic rings. The number of morpholine rings is 1. The summed E-state index contributed by atoms with van der Waals surface area (Å²) >= 11 is 0. The van der Waals surface area contributed by atoms with Crippen molar-refractivity contribution in [3.63, 3.8) is 0 Å². The molecular formula is C12H17N3O2. The van der Waals surface area contributed by atoms with Crippen molar-refractivity contribution in [1.82, 2.24) is 15.6 Å². The molecule has 5 heteroatoms. The van der Waals surface area contributed by atoms with Crippen LogP contribution in [-0.2, 0) is 9.53 Å². The van der Waals surface area contributed by atoms with Crippen LogP contribution in [0.1, 0.15) is 18.5 Å². The van der Waals surface area contributed by atoms with Crippen molar-refractivity contribution in [2.24, 2.45) is 0 Å². The summed E-state index contributed by atoms with van der Waals surface area (Å²) in [5, 5.41) is 6.08. The molecule has 2 rings (SSSR count). The van der Waals surface area contributed by atoms with E-state index < -0.39 is 0 Å². The quantitative estimate of drug-likeness (QED) is 0.788. The highest BCUT2D eigenvalue weighted by Gasteiger charge is 2.22. The summed E-state index contributed by atoms with van der Waals surface area (Å²) in [5.74, 6) is -0.0194. The molecule has 1 fully saturated rings. The fourth-order valence-corrected chi connectivity index (χ4v) is 1.78. The fourth-order valence-electron chi connectivity index (χ4n) is 1.78. The molecule has 17 heavy (non-hydrogen) atoms. The first-order valence-electron chi connectivity index (χ1n) is 5.79. The molecule has 2 atom stereocenters. The van der Waals surface area contributed by atoms with Crippen molar-refractivity contribution in [3.8, 4) is 0 Å². The van der Waals surface area contributed by atoms with E-state index in [-0.39, 0.29) is 18.0 Å². The number of nitrogens with zero attached hydrogens (tertiary/aromatic N) is 1. The second kappa shape index (κ2) is 5.75. The van der Waals surface area contributed by atoms with Crippen LogP contribution in [0.4, 0.5) is 0 Å². The van der Waals surface area contributed by atoms with Gasteiger partial charge in [0.15, 0.2) is 0 Å². The first-order valence-corrected chi connectivity index (χ1v) is 5.79. The SMILES string of the molecule is C[C@@H](NC(=O)C1COCCN1)c1ccncc1. The third kappa shape index (κ3) is 3.25. The van der Waals surface area contributed by atoms with Crippen LogP contribution in [0.3, 0.4) is 0 Å². The van der Waals surface area contributed by atoms with Crippen LogP contribution in [0, 0.1) is 0 Å². The third-order valence-electron chi connectivity index (χ3n) is 2.80. The second-order valence-corrected chi connectivity index (χ2v) is 4.09. The summed E-state index contributed by atoms with van der Waals surface area (Å²) in [6.07, 6.45) is 3.44. The Labute approximate surface area is 101 Å². The molecule has 1 unspecified atom stereocenters. The molecule has 92 valence electrons. The van der Waals surface area contributed by atoms with Crippen molar-refractivity contribution < 1.29 is 9.53 Å². The van der Waals surface area contributed by atoms with Crippen molar-refractivity contribution in [2.45, 2.75) is 19.0 Å². The van der Waals surface area contributed by atoms with E-state index in [4.69, 9.17) is 4.74 Å². The molecule has 2 heterocycles. The van der Waals surface area contributed by atoms with Gasteiger partial charge in [-0.2, -0.15) is 0 Å². The Morgan fingerprint density at radius 3 is 3.00 bits per heavy atom. The van der Waals surface area contributed by atoms with Gasteiger partial charge in [-0.15, -0.1) is 0 Å². The van der Waals surface area contributed by atoms with Gasteiger partial charge >= 0.3 is 0 Å². The molecule has 0 spiro atoms. The minimum absolute atomic E-state index is 0.0192. The van der Waals surface area contributed by atoms with Crippen LogP contribution in [0.5, 0.6) is 0 Å². The van der Waals surface area contributed by atoms with Gasteiger partial charge in [0.25, 0.3) is 0 Å². The summed E-state index contributed by atoms with van der Waals surface area (Å²) in [6.45, 7) is 3.79. The Morgan fingerprint density at radius 1 is 1.59 bits per heavy atom. The van der Waals surface area contributed by atoms with E-state index in [9.17, 15) is 4.79 Å². The molecule has 0 aliphatic carbocycles. The second-order valence-electron chi connectivity index (χ2n) is 4.09. The average molecular weight is 235 g/mol. The number of nitrogens with one attached hydrogen (secondary N) is 2. The van der Waals surface area contributed by atoms with Gasteiger partial charge in [-0.05, 0) is 24.6 Å². The highest BCUT2D eigenvalue weighted by atomic mass is 16.5. The maximum absolute atomic E-state index is 11.9. The lowest BCUT2D eigenvalue weighted by atomic mass is 10.1. The number of hydrogen-bond acceptors (Lipinski definition) is 4. The van der Waals surface area contributed by atoms with E-state index in [1.165, 1.54) is 0 Å². The molecular weight excluding hydrogens is 218 g/mol. The zero-order valence-corrected chi connectivity index (χ0v) is 9.85. The van der Waals surface area contributed by atoms with E-state index >= 15 is 0 Å². The molecule has 5 nitrogen and oxygen atoms in total. The molecule has 1 saturated heterocycles. The number of pyridine rings is 1. The minimum Gasteiger partial charge on any atom is -0.378 e. The molecule has 0 aromatic carbocycles. The van der Waals surface area contributed by atoms with Gasteiger partial charge in [-0.3, -0.25) is 9.78 Å². The molecule has 0 bridgehead atoms. The Balaban J connectivity index is 1.89. The number of hydrogen-bond donors (Lipinski definition) is 2. The van der Waals surface area contributed by atoms with Gasteiger partial charge in [0.1, 0.15) is 6.04 Å². The normalized spacial score (nSPS) is 21.8. The zero-order chi connectivity index (χ0) is 12.1. The summed E-state index contributed by atoms with van der Waals surface area (Å²) < 4.78 is 5.26. The zero-order valence-electron chi connectivity index (χ0n) is 9.85. The summed E-state index contributed by atoms with van der Waals surface area (Å²) in [6, 6.07) is 3.54. The summed E-state index contributed by atoms with van der Waals surface area (Å²) in [4.78, 5) is 15.9. The molecule has 0 radical (unpaired) electrons. The van der Waals surface area contributed by atoms with E-state index in [0.717, 1.165) is 12.1 Å². The van der Waals surface area contributed by atoms with Crippen LogP contribution in [0.2, 0.25) is 0 Å². The lowest BCUT2D eigenvalue weighted by molar-refractivity contribution is -0.126. The Morgan fingerprint density at radius 2 is 2.35 bits per heavy atom. The Kier molecular flexibility index (Phi) is 4.06. The first kappa shape index (κ1) is 12.0. The van der Waals surface area contributed by atoms with Crippen LogP contribution in [-0.4, -0.2) is 36.7 Å². The smallest absolute Gasteiger partial charge is 0.240 e. The third-order valence-corrected chi connectivity index (χ3v) is 2.80. The summed E-state index contributed by atoms with van der Waals surface area (Å²) in [5.41, 5.74) is 1.05. The van der Waals surface area contributed by atoms with Gasteiger partial charge in [0.2, 0.25) is 5.91 Å². The van der Waals surface area contributed by atoms with Gasteiger partial charge in [0.05, 0.1) is 19.3 Å². The maximum atomic E-state index is 11.9. The fraction of sp³-hybridized carbons (Fsp3) is 0.500. The van der Waals surface area contributed by atoms with E-state index in [1.54, 1.807) is 12.4 Å². The van der Waals surface area contributed by atoms with Crippen molar-refractivity contribution >= 4 is 5.91 Å². The Hall–Kier alpha value is -1.46. The number of carbonyl (C=O) groups is 1. The van der Waals surface area contributed by atoms with Gasteiger partial charge in [-0.25, -0.2) is 0 Å². The number of ether oxygens (including phenoxy) is 1. The van der Waals surface area contributed by atoms with Crippen LogP contribution in [0.25, 0.3) is 0 Å². The highest BCUT2D eigenvalue weighted by Crippen LogP contribution is 2.10. The monoisotopic (exact) mass is 235 g/mol. The van der Waals surface area contributed by atoms with E-state index in [2.05, 4.69) is 15.6 Å². The lowest BCUT2D eigenvalue weighted by Gasteiger charge is -2.24. The largest absolute Gasteiger partial charge is 0.378 e. The van der Waals surface area contributed by atoms with Gasteiger partial charge < -0.3 is 15.4 Å². The van der Waals surface area contributed by atoms with Crippen molar-refractivity contribution in [3.05, 3.63) is 30.1 Å². The van der Waals surface area contributed by atoms with Crippen LogP contribution < -0.4 is 10.6 Å². The molecule has 1 aliphatic heterocycles. The van der Waals surface area contributed by atoms with Crippen molar-refractivity contribution in [2.75, 3.05) is 19.8 Å². The molecule has 1 amide bonds. The van der Waals surface area contributed by atoms with Crippen LogP contribution >= 0.6 is 0 Å². The minimum atomic E-state index is -0.243. The van der Waals surface area contributed by atoms with Gasteiger partial charge in [-0.1, -0.05) is 0 Å². The number of rotatable bonds is 3.